The minimum atomic E-state index is -1.17. The number of carbonyl (C=O) groups is 2. The zero-order chi connectivity index (χ0) is 18.4. The van der Waals surface area contributed by atoms with Gasteiger partial charge < -0.3 is 20.5 Å². The number of aliphatic hydroxyl groups excluding tert-OH is 1. The summed E-state index contributed by atoms with van der Waals surface area (Å²) >= 11 is 5.82. The molecule has 1 atom stereocenters. The largest absolute Gasteiger partial charge is 0.494 e. The van der Waals surface area contributed by atoms with Crippen LogP contribution in [0.25, 0.3) is 0 Å². The molecule has 0 aliphatic rings. The molecule has 0 saturated carbocycles. The molecule has 2 aromatic rings. The van der Waals surface area contributed by atoms with Gasteiger partial charge in [-0.3, -0.25) is 9.59 Å². The van der Waals surface area contributed by atoms with Gasteiger partial charge >= 0.3 is 0 Å². The minimum Gasteiger partial charge on any atom is -0.494 e. The number of carbonyl (C=O) groups excluding carboxylic acids is 2. The first-order valence-corrected chi connectivity index (χ1v) is 8.11. The third kappa shape index (κ3) is 5.20. The molecule has 0 aliphatic carbocycles. The number of aliphatic hydroxyl groups is 1. The van der Waals surface area contributed by atoms with Crippen molar-refractivity contribution >= 4 is 34.8 Å². The highest BCUT2D eigenvalue weighted by Crippen LogP contribution is 2.28. The predicted molar refractivity (Wildman–Crippen MR) is 97.3 cm³/mol. The topological polar surface area (TPSA) is 87.7 Å². The van der Waals surface area contributed by atoms with Crippen molar-refractivity contribution in [3.05, 3.63) is 53.1 Å². The van der Waals surface area contributed by atoms with Crippen molar-refractivity contribution in [1.29, 1.82) is 0 Å². The van der Waals surface area contributed by atoms with Gasteiger partial charge in [0.1, 0.15) is 11.9 Å². The van der Waals surface area contributed by atoms with Crippen LogP contribution in [0.15, 0.2) is 42.5 Å². The summed E-state index contributed by atoms with van der Waals surface area (Å²) in [6.45, 7) is 3.66. The van der Waals surface area contributed by atoms with Gasteiger partial charge in [0.25, 0.3) is 11.8 Å². The predicted octanol–water partition coefficient (Wildman–Crippen LogP) is 3.31. The van der Waals surface area contributed by atoms with E-state index in [0.29, 0.717) is 34.3 Å². The average Bonchev–Trinajstić information content (AvgIpc) is 2.57. The molecule has 25 heavy (non-hydrogen) atoms. The fourth-order valence-electron chi connectivity index (χ4n) is 2.03. The Balaban J connectivity index is 2.28. The molecule has 132 valence electrons. The van der Waals surface area contributed by atoms with E-state index in [1.165, 1.54) is 6.92 Å². The average molecular weight is 363 g/mol. The zero-order valence-corrected chi connectivity index (χ0v) is 14.6. The Kier molecular flexibility index (Phi) is 6.38. The minimum absolute atomic E-state index is 0.358. The van der Waals surface area contributed by atoms with Crippen molar-refractivity contribution in [2.45, 2.75) is 20.0 Å². The fraction of sp³-hybridized carbons (Fsp3) is 0.222. The number of anilines is 2. The summed E-state index contributed by atoms with van der Waals surface area (Å²) in [6, 6.07) is 11.3. The second kappa shape index (κ2) is 8.50. The Labute approximate surface area is 150 Å². The van der Waals surface area contributed by atoms with Gasteiger partial charge in [-0.1, -0.05) is 11.6 Å². The first-order chi connectivity index (χ1) is 11.9. The normalized spacial score (nSPS) is 11.5. The summed E-state index contributed by atoms with van der Waals surface area (Å²) in [4.78, 5) is 24.2. The number of halogens is 1. The molecule has 0 unspecified atom stereocenters. The molecule has 0 heterocycles. The molecule has 0 fully saturated rings. The molecule has 2 aromatic carbocycles. The molecule has 0 spiro atoms. The van der Waals surface area contributed by atoms with Crippen LogP contribution in [-0.2, 0) is 4.79 Å². The maximum Gasteiger partial charge on any atom is 0.255 e. The van der Waals surface area contributed by atoms with E-state index in [-0.39, 0.29) is 5.91 Å². The van der Waals surface area contributed by atoms with E-state index in [9.17, 15) is 14.7 Å². The van der Waals surface area contributed by atoms with Gasteiger partial charge in [0.2, 0.25) is 0 Å². The third-order valence-electron chi connectivity index (χ3n) is 3.29. The summed E-state index contributed by atoms with van der Waals surface area (Å²) < 4.78 is 5.43. The first-order valence-electron chi connectivity index (χ1n) is 7.73. The number of rotatable bonds is 6. The lowest BCUT2D eigenvalue weighted by molar-refractivity contribution is -0.123. The number of hydrogen-bond acceptors (Lipinski definition) is 4. The molecular weight excluding hydrogens is 344 g/mol. The highest BCUT2D eigenvalue weighted by Gasteiger charge is 2.15. The van der Waals surface area contributed by atoms with Gasteiger partial charge in [-0.15, -0.1) is 0 Å². The molecule has 6 nitrogen and oxygen atoms in total. The van der Waals surface area contributed by atoms with Gasteiger partial charge in [0.05, 0.1) is 18.0 Å². The maximum atomic E-state index is 12.4. The van der Waals surface area contributed by atoms with E-state index in [4.69, 9.17) is 16.3 Å². The quantitative estimate of drug-likeness (QED) is 0.735. The molecule has 2 amide bonds. The lowest BCUT2D eigenvalue weighted by Crippen LogP contribution is -2.25. The van der Waals surface area contributed by atoms with E-state index in [2.05, 4.69) is 10.6 Å². The van der Waals surface area contributed by atoms with E-state index >= 15 is 0 Å². The van der Waals surface area contributed by atoms with Crippen molar-refractivity contribution < 1.29 is 19.4 Å². The molecule has 0 radical (unpaired) electrons. The van der Waals surface area contributed by atoms with Crippen molar-refractivity contribution in [3.8, 4) is 5.75 Å². The van der Waals surface area contributed by atoms with Crippen molar-refractivity contribution in [1.82, 2.24) is 0 Å². The van der Waals surface area contributed by atoms with Crippen LogP contribution in [0.3, 0.4) is 0 Å². The van der Waals surface area contributed by atoms with E-state index in [1.54, 1.807) is 42.5 Å². The molecule has 0 saturated heterocycles. The lowest BCUT2D eigenvalue weighted by atomic mass is 10.2. The van der Waals surface area contributed by atoms with Crippen LogP contribution in [0.2, 0.25) is 5.02 Å². The smallest absolute Gasteiger partial charge is 0.255 e. The van der Waals surface area contributed by atoms with Crippen LogP contribution >= 0.6 is 11.6 Å². The van der Waals surface area contributed by atoms with Crippen molar-refractivity contribution in [2.75, 3.05) is 17.2 Å². The Morgan fingerprint density at radius 1 is 1.12 bits per heavy atom. The Morgan fingerprint density at radius 3 is 2.40 bits per heavy atom. The third-order valence-corrected chi connectivity index (χ3v) is 3.55. The summed E-state index contributed by atoms with van der Waals surface area (Å²) in [6.07, 6.45) is -1.17. The summed E-state index contributed by atoms with van der Waals surface area (Å²) in [5, 5.41) is 15.2. The number of ether oxygens (including phenoxy) is 1. The van der Waals surface area contributed by atoms with Crippen LogP contribution in [0.5, 0.6) is 5.75 Å². The second-order valence-corrected chi connectivity index (χ2v) is 5.70. The monoisotopic (exact) mass is 362 g/mol. The number of amides is 2. The van der Waals surface area contributed by atoms with Crippen LogP contribution < -0.4 is 15.4 Å². The van der Waals surface area contributed by atoms with Crippen LogP contribution in [0, 0.1) is 0 Å². The van der Waals surface area contributed by atoms with Gasteiger partial charge in [-0.05, 0) is 50.2 Å². The summed E-state index contributed by atoms with van der Waals surface area (Å²) in [5.41, 5.74) is 1.13. The van der Waals surface area contributed by atoms with E-state index < -0.39 is 12.0 Å². The van der Waals surface area contributed by atoms with Crippen LogP contribution in [0.1, 0.15) is 24.2 Å². The Bertz CT molecular complexity index is 760. The molecular formula is C18H19ClN2O4. The highest BCUT2D eigenvalue weighted by atomic mass is 35.5. The molecule has 7 heteroatoms. The van der Waals surface area contributed by atoms with Gasteiger partial charge in [0.15, 0.2) is 0 Å². The van der Waals surface area contributed by atoms with E-state index in [0.717, 1.165) is 0 Å². The summed E-state index contributed by atoms with van der Waals surface area (Å²) in [5.74, 6) is -0.395. The van der Waals surface area contributed by atoms with Crippen molar-refractivity contribution in [3.63, 3.8) is 0 Å². The maximum absolute atomic E-state index is 12.4. The number of hydrogen-bond donors (Lipinski definition) is 3. The molecule has 3 N–H and O–H groups in total. The van der Waals surface area contributed by atoms with E-state index in [1.807, 2.05) is 6.92 Å². The number of nitrogens with one attached hydrogen (secondary N) is 2. The Morgan fingerprint density at radius 2 is 1.80 bits per heavy atom. The van der Waals surface area contributed by atoms with Crippen LogP contribution in [-0.4, -0.2) is 29.6 Å². The fourth-order valence-corrected chi connectivity index (χ4v) is 2.15. The highest BCUT2D eigenvalue weighted by molar-refractivity contribution is 6.30. The number of benzene rings is 2. The molecule has 2 rings (SSSR count). The standard InChI is InChI=1S/C18H19ClN2O4/c1-3-25-14-8-9-15(20-17(23)11(2)22)16(10-14)21-18(24)12-4-6-13(19)7-5-12/h4-11,22H,3H2,1-2H3,(H,20,23)(H,21,24)/t11-/m1/s1. The second-order valence-electron chi connectivity index (χ2n) is 5.27. The van der Waals surface area contributed by atoms with Gasteiger partial charge in [0, 0.05) is 16.7 Å². The SMILES string of the molecule is CCOc1ccc(NC(=O)[C@@H](C)O)c(NC(=O)c2ccc(Cl)cc2)c1. The molecule has 0 aliphatic heterocycles. The zero-order valence-electron chi connectivity index (χ0n) is 13.9. The molecule has 0 bridgehead atoms. The first kappa shape index (κ1) is 18.8. The van der Waals surface area contributed by atoms with Crippen molar-refractivity contribution in [2.24, 2.45) is 0 Å². The van der Waals surface area contributed by atoms with Gasteiger partial charge in [-0.2, -0.15) is 0 Å². The lowest BCUT2D eigenvalue weighted by Gasteiger charge is -2.15. The molecule has 0 aromatic heterocycles. The van der Waals surface area contributed by atoms with Crippen LogP contribution in [0.4, 0.5) is 11.4 Å². The summed E-state index contributed by atoms with van der Waals surface area (Å²) in [7, 11) is 0. The Hall–Kier alpha value is -2.57. The van der Waals surface area contributed by atoms with Gasteiger partial charge in [-0.25, -0.2) is 0 Å².